The fourth-order valence-electron chi connectivity index (χ4n) is 1.14. The lowest BCUT2D eigenvalue weighted by Crippen LogP contribution is -2.21. The van der Waals surface area contributed by atoms with Crippen LogP contribution in [0.3, 0.4) is 0 Å². The van der Waals surface area contributed by atoms with Crippen LogP contribution in [0.1, 0.15) is 6.42 Å². The van der Waals surface area contributed by atoms with Gasteiger partial charge in [-0.2, -0.15) is 5.10 Å². The number of rotatable bonds is 6. The maximum absolute atomic E-state index is 11.4. The monoisotopic (exact) mass is 241 g/mol. The fraction of sp³-hybridized carbons (Fsp3) is 0.444. The van der Waals surface area contributed by atoms with E-state index in [-0.39, 0.29) is 18.2 Å². The van der Waals surface area contributed by atoms with Crippen LogP contribution in [0.25, 0.3) is 0 Å². The highest BCUT2D eigenvalue weighted by Gasteiger charge is 2.06. The molecule has 0 aromatic carbocycles. The van der Waals surface area contributed by atoms with E-state index in [1.807, 2.05) is 0 Å². The van der Waals surface area contributed by atoms with Crippen molar-refractivity contribution in [3.05, 3.63) is 12.4 Å². The van der Waals surface area contributed by atoms with E-state index >= 15 is 0 Å². The number of amidine groups is 1. The molecule has 8 heteroatoms. The zero-order valence-corrected chi connectivity index (χ0v) is 9.46. The molecule has 1 aromatic heterocycles. The van der Waals surface area contributed by atoms with Crippen molar-refractivity contribution in [1.82, 2.24) is 9.78 Å². The van der Waals surface area contributed by atoms with Gasteiger partial charge in [0.25, 0.3) is 0 Å². The highest BCUT2D eigenvalue weighted by Crippen LogP contribution is 2.05. The Kier molecular flexibility index (Phi) is 4.95. The summed E-state index contributed by atoms with van der Waals surface area (Å²) in [5.74, 6) is -0.513. The molecule has 8 nitrogen and oxygen atoms in total. The Hall–Kier alpha value is -2.09. The number of aromatic nitrogens is 2. The summed E-state index contributed by atoms with van der Waals surface area (Å²) in [5.41, 5.74) is 5.75. The standard InChI is InChI=1S/C9H15N5O3/c1-17-3-2-14-6-7(5-11-14)12-9(15)4-8(10)13-16/h5-6,16H,2-4H2,1H3,(H2,10,13)(H,12,15). The lowest BCUT2D eigenvalue weighted by molar-refractivity contribution is -0.115. The normalized spacial score (nSPS) is 11.5. The molecule has 1 amide bonds. The first-order chi connectivity index (χ1) is 8.15. The first-order valence-electron chi connectivity index (χ1n) is 4.93. The van der Waals surface area contributed by atoms with E-state index in [1.165, 1.54) is 6.20 Å². The van der Waals surface area contributed by atoms with Crippen LogP contribution in [0.2, 0.25) is 0 Å². The van der Waals surface area contributed by atoms with Crippen LogP contribution in [0.5, 0.6) is 0 Å². The summed E-state index contributed by atoms with van der Waals surface area (Å²) in [5, 5.41) is 17.6. The van der Waals surface area contributed by atoms with E-state index in [9.17, 15) is 4.79 Å². The summed E-state index contributed by atoms with van der Waals surface area (Å²) < 4.78 is 6.54. The van der Waals surface area contributed by atoms with Gasteiger partial charge in [0.2, 0.25) is 5.91 Å². The topological polar surface area (TPSA) is 115 Å². The molecule has 0 aliphatic carbocycles. The van der Waals surface area contributed by atoms with Gasteiger partial charge in [-0.25, -0.2) is 0 Å². The van der Waals surface area contributed by atoms with Crippen molar-refractivity contribution in [2.24, 2.45) is 10.9 Å². The quantitative estimate of drug-likeness (QED) is 0.271. The Balaban J connectivity index is 2.46. The molecule has 0 saturated heterocycles. The van der Waals surface area contributed by atoms with Gasteiger partial charge in [-0.15, -0.1) is 0 Å². The number of amides is 1. The third kappa shape index (κ3) is 4.51. The highest BCUT2D eigenvalue weighted by molar-refractivity contribution is 6.04. The largest absolute Gasteiger partial charge is 0.409 e. The van der Waals surface area contributed by atoms with Gasteiger partial charge >= 0.3 is 0 Å². The van der Waals surface area contributed by atoms with Crippen molar-refractivity contribution < 1.29 is 14.7 Å². The molecule has 0 atom stereocenters. The molecule has 1 rings (SSSR count). The SMILES string of the molecule is COCCn1cc(NC(=O)CC(N)=NO)cn1. The first kappa shape index (κ1) is 13.0. The number of methoxy groups -OCH3 is 1. The molecule has 0 radical (unpaired) electrons. The predicted octanol–water partition coefficient (Wildman–Crippen LogP) is -0.395. The molecule has 4 N–H and O–H groups in total. The average molecular weight is 241 g/mol. The summed E-state index contributed by atoms with van der Waals surface area (Å²) in [4.78, 5) is 11.4. The van der Waals surface area contributed by atoms with Crippen LogP contribution in [0.4, 0.5) is 5.69 Å². The van der Waals surface area contributed by atoms with E-state index in [1.54, 1.807) is 18.0 Å². The van der Waals surface area contributed by atoms with Gasteiger partial charge in [0, 0.05) is 13.3 Å². The zero-order chi connectivity index (χ0) is 12.7. The van der Waals surface area contributed by atoms with Gasteiger partial charge in [-0.3, -0.25) is 9.48 Å². The smallest absolute Gasteiger partial charge is 0.232 e. The number of carbonyl (C=O) groups excluding carboxylic acids is 1. The molecule has 1 heterocycles. The maximum atomic E-state index is 11.4. The minimum atomic E-state index is -0.369. The Bertz CT molecular complexity index is 401. The Labute approximate surface area is 98.0 Å². The van der Waals surface area contributed by atoms with E-state index in [0.29, 0.717) is 18.8 Å². The summed E-state index contributed by atoms with van der Waals surface area (Å²) in [6.45, 7) is 1.14. The number of nitrogens with one attached hydrogen (secondary N) is 1. The fourth-order valence-corrected chi connectivity index (χ4v) is 1.14. The number of nitrogens with two attached hydrogens (primary N) is 1. The third-order valence-corrected chi connectivity index (χ3v) is 1.91. The minimum Gasteiger partial charge on any atom is -0.409 e. The Morgan fingerprint density at radius 1 is 1.76 bits per heavy atom. The van der Waals surface area contributed by atoms with E-state index < -0.39 is 0 Å². The Morgan fingerprint density at radius 2 is 2.53 bits per heavy atom. The first-order valence-corrected chi connectivity index (χ1v) is 4.93. The number of nitrogens with zero attached hydrogens (tertiary/aromatic N) is 3. The number of ether oxygens (including phenoxy) is 1. The molecule has 1 aromatic rings. The number of anilines is 1. The minimum absolute atomic E-state index is 0.144. The second kappa shape index (κ2) is 6.48. The number of hydrogen-bond donors (Lipinski definition) is 3. The second-order valence-corrected chi connectivity index (χ2v) is 3.30. The van der Waals surface area contributed by atoms with E-state index in [0.717, 1.165) is 0 Å². The number of carbonyl (C=O) groups is 1. The average Bonchev–Trinajstić information content (AvgIpc) is 2.73. The van der Waals surface area contributed by atoms with Crippen molar-refractivity contribution in [1.29, 1.82) is 0 Å². The van der Waals surface area contributed by atoms with Crippen LogP contribution in [-0.4, -0.2) is 40.4 Å². The summed E-state index contributed by atoms with van der Waals surface area (Å²) in [7, 11) is 1.60. The van der Waals surface area contributed by atoms with Gasteiger partial charge in [0.15, 0.2) is 0 Å². The van der Waals surface area contributed by atoms with Gasteiger partial charge in [0.1, 0.15) is 5.84 Å². The molecular formula is C9H15N5O3. The highest BCUT2D eigenvalue weighted by atomic mass is 16.5. The van der Waals surface area contributed by atoms with Gasteiger partial charge in [-0.05, 0) is 0 Å². The van der Waals surface area contributed by atoms with Crippen LogP contribution in [0, 0.1) is 0 Å². The second-order valence-electron chi connectivity index (χ2n) is 3.30. The molecule has 94 valence electrons. The molecule has 0 fully saturated rings. The van der Waals surface area contributed by atoms with Crippen molar-refractivity contribution in [3.63, 3.8) is 0 Å². The molecule has 0 spiro atoms. The lowest BCUT2D eigenvalue weighted by Gasteiger charge is -2.01. The van der Waals surface area contributed by atoms with Crippen molar-refractivity contribution in [3.8, 4) is 0 Å². The third-order valence-electron chi connectivity index (χ3n) is 1.91. The summed E-state index contributed by atoms with van der Waals surface area (Å²) in [6.07, 6.45) is 3.02. The van der Waals surface area contributed by atoms with Crippen molar-refractivity contribution in [2.45, 2.75) is 13.0 Å². The van der Waals surface area contributed by atoms with Gasteiger partial charge in [-0.1, -0.05) is 5.16 Å². The summed E-state index contributed by atoms with van der Waals surface area (Å²) >= 11 is 0. The zero-order valence-electron chi connectivity index (χ0n) is 9.46. The molecule has 0 bridgehead atoms. The molecule has 17 heavy (non-hydrogen) atoms. The van der Waals surface area contributed by atoms with E-state index in [4.69, 9.17) is 15.7 Å². The maximum Gasteiger partial charge on any atom is 0.232 e. The Morgan fingerprint density at radius 3 is 3.18 bits per heavy atom. The van der Waals surface area contributed by atoms with Crippen LogP contribution >= 0.6 is 0 Å². The molecular weight excluding hydrogens is 226 g/mol. The van der Waals surface area contributed by atoms with Crippen LogP contribution in [0.15, 0.2) is 17.5 Å². The van der Waals surface area contributed by atoms with Crippen molar-refractivity contribution >= 4 is 17.4 Å². The number of oxime groups is 1. The van der Waals surface area contributed by atoms with Crippen molar-refractivity contribution in [2.75, 3.05) is 19.0 Å². The number of hydrogen-bond acceptors (Lipinski definition) is 5. The molecule has 0 unspecified atom stereocenters. The van der Waals surface area contributed by atoms with Crippen LogP contribution < -0.4 is 11.1 Å². The van der Waals surface area contributed by atoms with Crippen LogP contribution in [-0.2, 0) is 16.1 Å². The molecule has 0 aliphatic rings. The van der Waals surface area contributed by atoms with Gasteiger partial charge < -0.3 is 21.0 Å². The van der Waals surface area contributed by atoms with Gasteiger partial charge in [0.05, 0.1) is 31.5 Å². The predicted molar refractivity (Wildman–Crippen MR) is 60.8 cm³/mol. The summed E-state index contributed by atoms with van der Waals surface area (Å²) in [6, 6.07) is 0. The molecule has 0 saturated carbocycles. The van der Waals surface area contributed by atoms with E-state index in [2.05, 4.69) is 15.6 Å². The molecule has 0 aliphatic heterocycles. The lowest BCUT2D eigenvalue weighted by atomic mass is 10.3.